The summed E-state index contributed by atoms with van der Waals surface area (Å²) < 4.78 is 5.67. The summed E-state index contributed by atoms with van der Waals surface area (Å²) in [5.74, 6) is 2.97. The van der Waals surface area contributed by atoms with Gasteiger partial charge in [0, 0.05) is 11.1 Å². The first-order valence-corrected chi connectivity index (χ1v) is 6.28. The first-order chi connectivity index (χ1) is 9.81. The molecule has 3 nitrogen and oxygen atoms in total. The summed E-state index contributed by atoms with van der Waals surface area (Å²) in [7, 11) is 0. The number of benzene rings is 2. The Morgan fingerprint density at radius 2 is 1.80 bits per heavy atom. The molecule has 0 saturated carbocycles. The summed E-state index contributed by atoms with van der Waals surface area (Å²) in [4.78, 5) is 12.0. The molecule has 0 aliphatic rings. The quantitative estimate of drug-likeness (QED) is 0.844. The monoisotopic (exact) mass is 265 g/mol. The molecule has 20 heavy (non-hydrogen) atoms. The zero-order valence-corrected chi connectivity index (χ0v) is 11.0. The van der Waals surface area contributed by atoms with E-state index in [1.54, 1.807) is 6.07 Å². The second-order valence-electron chi connectivity index (χ2n) is 4.15. The van der Waals surface area contributed by atoms with Gasteiger partial charge in [-0.1, -0.05) is 42.3 Å². The van der Waals surface area contributed by atoms with Gasteiger partial charge in [-0.2, -0.15) is 0 Å². The van der Waals surface area contributed by atoms with Crippen LogP contribution in [-0.2, 0) is 6.61 Å². The van der Waals surface area contributed by atoms with Crippen LogP contribution in [0.5, 0.6) is 5.75 Å². The molecule has 3 heteroatoms. The summed E-state index contributed by atoms with van der Waals surface area (Å²) in [5, 5.41) is 2.66. The molecule has 0 aliphatic carbocycles. The van der Waals surface area contributed by atoms with Crippen molar-refractivity contribution in [1.29, 1.82) is 0 Å². The Balaban J connectivity index is 2.08. The van der Waals surface area contributed by atoms with E-state index in [1.807, 2.05) is 48.5 Å². The largest absolute Gasteiger partial charge is 0.489 e. The van der Waals surface area contributed by atoms with E-state index in [4.69, 9.17) is 11.2 Å². The van der Waals surface area contributed by atoms with Crippen LogP contribution in [0.3, 0.4) is 0 Å². The fourth-order valence-electron chi connectivity index (χ4n) is 1.77. The van der Waals surface area contributed by atoms with Crippen LogP contribution in [0, 0.1) is 12.3 Å². The van der Waals surface area contributed by atoms with Crippen molar-refractivity contribution in [3.63, 3.8) is 0 Å². The Bertz CT molecular complexity index is 614. The van der Waals surface area contributed by atoms with Crippen LogP contribution in [0.15, 0.2) is 54.6 Å². The van der Waals surface area contributed by atoms with Crippen molar-refractivity contribution in [1.82, 2.24) is 5.32 Å². The van der Waals surface area contributed by atoms with E-state index in [9.17, 15) is 4.79 Å². The molecule has 0 aliphatic heterocycles. The third-order valence-electron chi connectivity index (χ3n) is 2.75. The Morgan fingerprint density at radius 3 is 2.55 bits per heavy atom. The van der Waals surface area contributed by atoms with E-state index in [2.05, 4.69) is 11.2 Å². The predicted octanol–water partition coefficient (Wildman–Crippen LogP) is 2.63. The number of para-hydroxylation sites is 1. The lowest BCUT2D eigenvalue weighted by Crippen LogP contribution is -2.24. The van der Waals surface area contributed by atoms with Gasteiger partial charge >= 0.3 is 0 Å². The van der Waals surface area contributed by atoms with Gasteiger partial charge in [0.1, 0.15) is 12.4 Å². The molecule has 2 aromatic rings. The summed E-state index contributed by atoms with van der Waals surface area (Å²) in [5.41, 5.74) is 1.41. The van der Waals surface area contributed by atoms with Gasteiger partial charge in [0.05, 0.1) is 6.54 Å². The second-order valence-corrected chi connectivity index (χ2v) is 4.15. The van der Waals surface area contributed by atoms with Crippen molar-refractivity contribution in [3.8, 4) is 18.1 Å². The first-order valence-electron chi connectivity index (χ1n) is 6.28. The van der Waals surface area contributed by atoms with Crippen LogP contribution in [-0.4, -0.2) is 12.5 Å². The molecule has 0 atom stereocenters. The lowest BCUT2D eigenvalue weighted by atomic mass is 10.1. The van der Waals surface area contributed by atoms with E-state index >= 15 is 0 Å². The van der Waals surface area contributed by atoms with E-state index in [0.717, 1.165) is 11.3 Å². The number of hydrogen-bond donors (Lipinski definition) is 1. The van der Waals surface area contributed by atoms with Crippen molar-refractivity contribution >= 4 is 5.91 Å². The molecule has 1 amide bonds. The average Bonchev–Trinajstić information content (AvgIpc) is 2.52. The SMILES string of the molecule is C#CCNC(=O)c1ccccc1COc1ccccc1. The van der Waals surface area contributed by atoms with Gasteiger partial charge in [0.25, 0.3) is 5.91 Å². The Hall–Kier alpha value is -2.73. The van der Waals surface area contributed by atoms with Crippen molar-refractivity contribution in [2.45, 2.75) is 6.61 Å². The molecule has 0 bridgehead atoms. The zero-order chi connectivity index (χ0) is 14.2. The highest BCUT2D eigenvalue weighted by atomic mass is 16.5. The molecule has 1 N–H and O–H groups in total. The molecule has 0 heterocycles. The molecule has 0 unspecified atom stereocenters. The lowest BCUT2D eigenvalue weighted by Gasteiger charge is -2.10. The molecular weight excluding hydrogens is 250 g/mol. The molecule has 0 aromatic heterocycles. The van der Waals surface area contributed by atoms with Gasteiger partial charge < -0.3 is 10.1 Å². The van der Waals surface area contributed by atoms with Crippen molar-refractivity contribution in [3.05, 3.63) is 65.7 Å². The molecule has 0 radical (unpaired) electrons. The Kier molecular flexibility index (Phi) is 4.80. The third kappa shape index (κ3) is 3.63. The highest BCUT2D eigenvalue weighted by molar-refractivity contribution is 5.95. The van der Waals surface area contributed by atoms with E-state index < -0.39 is 0 Å². The highest BCUT2D eigenvalue weighted by Gasteiger charge is 2.10. The Labute approximate surface area is 118 Å². The van der Waals surface area contributed by atoms with Gasteiger partial charge in [-0.05, 0) is 18.2 Å². The predicted molar refractivity (Wildman–Crippen MR) is 78.4 cm³/mol. The lowest BCUT2D eigenvalue weighted by molar-refractivity contribution is 0.0956. The van der Waals surface area contributed by atoms with Gasteiger partial charge in [-0.3, -0.25) is 4.79 Å². The summed E-state index contributed by atoms with van der Waals surface area (Å²) >= 11 is 0. The number of nitrogens with one attached hydrogen (secondary N) is 1. The van der Waals surface area contributed by atoms with Crippen molar-refractivity contribution in [2.24, 2.45) is 0 Å². The summed E-state index contributed by atoms with van der Waals surface area (Å²) in [6.07, 6.45) is 5.14. The smallest absolute Gasteiger partial charge is 0.252 e. The molecule has 0 spiro atoms. The second kappa shape index (κ2) is 7.01. The molecule has 2 rings (SSSR count). The number of amides is 1. The maximum atomic E-state index is 12.0. The number of terminal acetylenes is 1. The summed E-state index contributed by atoms with van der Waals surface area (Å²) in [6, 6.07) is 16.8. The highest BCUT2D eigenvalue weighted by Crippen LogP contribution is 2.14. The van der Waals surface area contributed by atoms with Crippen LogP contribution in [0.1, 0.15) is 15.9 Å². The van der Waals surface area contributed by atoms with Crippen LogP contribution in [0.2, 0.25) is 0 Å². The molecule has 100 valence electrons. The first kappa shape index (κ1) is 13.7. The van der Waals surface area contributed by atoms with Crippen molar-refractivity contribution < 1.29 is 9.53 Å². The van der Waals surface area contributed by atoms with Gasteiger partial charge in [-0.25, -0.2) is 0 Å². The molecule has 2 aromatic carbocycles. The van der Waals surface area contributed by atoms with E-state index in [1.165, 1.54) is 0 Å². The standard InChI is InChI=1S/C17H15NO2/c1-2-12-18-17(19)16-11-7-6-8-14(16)13-20-15-9-4-3-5-10-15/h1,3-11H,12-13H2,(H,18,19). The maximum Gasteiger partial charge on any atom is 0.252 e. The van der Waals surface area contributed by atoms with Gasteiger partial charge in [-0.15, -0.1) is 6.42 Å². The molecule has 0 saturated heterocycles. The third-order valence-corrected chi connectivity index (χ3v) is 2.75. The van der Waals surface area contributed by atoms with Gasteiger partial charge in [0.15, 0.2) is 0 Å². The Morgan fingerprint density at radius 1 is 1.10 bits per heavy atom. The number of rotatable bonds is 5. The summed E-state index contributed by atoms with van der Waals surface area (Å²) in [6.45, 7) is 0.552. The zero-order valence-electron chi connectivity index (χ0n) is 11.0. The minimum absolute atomic E-state index is 0.185. The number of carbonyl (C=O) groups excluding carboxylic acids is 1. The average molecular weight is 265 g/mol. The maximum absolute atomic E-state index is 12.0. The molecular formula is C17H15NO2. The fraction of sp³-hybridized carbons (Fsp3) is 0.118. The normalized spacial score (nSPS) is 9.55. The fourth-order valence-corrected chi connectivity index (χ4v) is 1.77. The van der Waals surface area contributed by atoms with E-state index in [-0.39, 0.29) is 12.5 Å². The van der Waals surface area contributed by atoms with Crippen LogP contribution >= 0.6 is 0 Å². The topological polar surface area (TPSA) is 38.3 Å². The number of hydrogen-bond acceptors (Lipinski definition) is 2. The number of ether oxygens (including phenoxy) is 1. The van der Waals surface area contributed by atoms with Crippen LogP contribution in [0.25, 0.3) is 0 Å². The van der Waals surface area contributed by atoms with Gasteiger partial charge in [0.2, 0.25) is 0 Å². The van der Waals surface area contributed by atoms with Crippen LogP contribution in [0.4, 0.5) is 0 Å². The van der Waals surface area contributed by atoms with Crippen molar-refractivity contribution in [2.75, 3.05) is 6.54 Å². The minimum Gasteiger partial charge on any atom is -0.489 e. The molecule has 0 fully saturated rings. The van der Waals surface area contributed by atoms with E-state index in [0.29, 0.717) is 12.2 Å². The number of carbonyl (C=O) groups is 1. The van der Waals surface area contributed by atoms with Crippen LogP contribution < -0.4 is 10.1 Å². The minimum atomic E-state index is -0.185.